The largest absolute Gasteiger partial charge is 0.497 e. The van der Waals surface area contributed by atoms with Crippen LogP contribution in [0.15, 0.2) is 41.0 Å². The number of carbonyl (C=O) groups is 1. The maximum atomic E-state index is 12.2. The van der Waals surface area contributed by atoms with Gasteiger partial charge in [-0.1, -0.05) is 0 Å². The number of nitrogens with one attached hydrogen (secondary N) is 1. The van der Waals surface area contributed by atoms with E-state index in [0.717, 1.165) is 0 Å². The van der Waals surface area contributed by atoms with Crippen LogP contribution in [-0.4, -0.2) is 20.1 Å². The van der Waals surface area contributed by atoms with E-state index in [4.69, 9.17) is 13.9 Å². The average molecular weight is 275 g/mol. The third-order valence-electron chi connectivity index (χ3n) is 2.93. The first kappa shape index (κ1) is 14.0. The molecule has 0 spiro atoms. The highest BCUT2D eigenvalue weighted by molar-refractivity contribution is 5.95. The van der Waals surface area contributed by atoms with Crippen LogP contribution in [0.3, 0.4) is 0 Å². The lowest BCUT2D eigenvalue weighted by atomic mass is 10.1. The monoisotopic (exact) mass is 275 g/mol. The summed E-state index contributed by atoms with van der Waals surface area (Å²) < 4.78 is 15.6. The van der Waals surface area contributed by atoms with Crippen molar-refractivity contribution in [3.8, 4) is 11.5 Å². The van der Waals surface area contributed by atoms with E-state index in [9.17, 15) is 4.79 Å². The number of methoxy groups -OCH3 is 2. The molecular formula is C15H17NO4. The molecule has 0 radical (unpaired) electrons. The Morgan fingerprint density at radius 1 is 1.20 bits per heavy atom. The highest BCUT2D eigenvalue weighted by Crippen LogP contribution is 2.23. The number of benzene rings is 1. The molecule has 5 nitrogen and oxygen atoms in total. The molecule has 0 saturated carbocycles. The van der Waals surface area contributed by atoms with Crippen LogP contribution in [-0.2, 0) is 0 Å². The molecule has 1 unspecified atom stereocenters. The Bertz CT molecular complexity index is 555. The van der Waals surface area contributed by atoms with E-state index in [2.05, 4.69) is 5.32 Å². The standard InChI is InChI=1S/C15H17NO4/c1-10(14-5-4-6-20-14)16-15(17)11-7-12(18-2)9-13(8-11)19-3/h4-10H,1-3H3,(H,16,17). The fourth-order valence-electron chi connectivity index (χ4n) is 1.83. The molecule has 0 aliphatic rings. The van der Waals surface area contributed by atoms with Gasteiger partial charge in [-0.25, -0.2) is 0 Å². The second-order valence-electron chi connectivity index (χ2n) is 4.31. The van der Waals surface area contributed by atoms with Crippen LogP contribution in [0, 0.1) is 0 Å². The number of carbonyl (C=O) groups excluding carboxylic acids is 1. The lowest BCUT2D eigenvalue weighted by Crippen LogP contribution is -2.26. The van der Waals surface area contributed by atoms with Crippen molar-refractivity contribution in [2.75, 3.05) is 14.2 Å². The normalized spacial score (nSPS) is 11.8. The SMILES string of the molecule is COc1cc(OC)cc(C(=O)NC(C)c2ccco2)c1. The number of furan rings is 1. The summed E-state index contributed by atoms with van der Waals surface area (Å²) in [6.45, 7) is 1.86. The van der Waals surface area contributed by atoms with Gasteiger partial charge in [0.15, 0.2) is 0 Å². The molecule has 0 bridgehead atoms. The van der Waals surface area contributed by atoms with Crippen molar-refractivity contribution in [1.29, 1.82) is 0 Å². The quantitative estimate of drug-likeness (QED) is 0.911. The van der Waals surface area contributed by atoms with E-state index in [1.165, 1.54) is 0 Å². The maximum Gasteiger partial charge on any atom is 0.252 e. The average Bonchev–Trinajstić information content (AvgIpc) is 3.00. The van der Waals surface area contributed by atoms with Gasteiger partial charge in [0.05, 0.1) is 26.5 Å². The van der Waals surface area contributed by atoms with Gasteiger partial charge in [-0.3, -0.25) is 4.79 Å². The first-order chi connectivity index (χ1) is 9.63. The van der Waals surface area contributed by atoms with E-state index in [-0.39, 0.29) is 11.9 Å². The minimum atomic E-state index is -0.217. The van der Waals surface area contributed by atoms with Gasteiger partial charge in [-0.05, 0) is 31.2 Å². The number of hydrogen-bond acceptors (Lipinski definition) is 4. The summed E-state index contributed by atoms with van der Waals surface area (Å²) in [6, 6.07) is 8.42. The van der Waals surface area contributed by atoms with Crippen LogP contribution >= 0.6 is 0 Å². The summed E-state index contributed by atoms with van der Waals surface area (Å²) in [7, 11) is 3.09. The van der Waals surface area contributed by atoms with Crippen molar-refractivity contribution in [2.45, 2.75) is 13.0 Å². The van der Waals surface area contributed by atoms with E-state index >= 15 is 0 Å². The van der Waals surface area contributed by atoms with Crippen LogP contribution in [0.4, 0.5) is 0 Å². The van der Waals surface area contributed by atoms with Gasteiger partial charge in [0.1, 0.15) is 17.3 Å². The Balaban J connectivity index is 2.16. The predicted octanol–water partition coefficient (Wildman–Crippen LogP) is 2.79. The summed E-state index contributed by atoms with van der Waals surface area (Å²) >= 11 is 0. The summed E-state index contributed by atoms with van der Waals surface area (Å²) in [4.78, 5) is 12.2. The van der Waals surface area contributed by atoms with Gasteiger partial charge in [0, 0.05) is 11.6 Å². The molecule has 2 aromatic rings. The lowest BCUT2D eigenvalue weighted by Gasteiger charge is -2.13. The highest BCUT2D eigenvalue weighted by atomic mass is 16.5. The van der Waals surface area contributed by atoms with E-state index in [0.29, 0.717) is 22.8 Å². The first-order valence-electron chi connectivity index (χ1n) is 6.21. The van der Waals surface area contributed by atoms with Crippen molar-refractivity contribution < 1.29 is 18.7 Å². The Hall–Kier alpha value is -2.43. The van der Waals surface area contributed by atoms with Crippen LogP contribution in [0.2, 0.25) is 0 Å². The van der Waals surface area contributed by atoms with Gasteiger partial charge in [-0.2, -0.15) is 0 Å². The van der Waals surface area contributed by atoms with Crippen LogP contribution < -0.4 is 14.8 Å². The van der Waals surface area contributed by atoms with E-state index in [1.807, 2.05) is 13.0 Å². The van der Waals surface area contributed by atoms with Crippen molar-refractivity contribution in [1.82, 2.24) is 5.32 Å². The molecule has 106 valence electrons. The van der Waals surface area contributed by atoms with Crippen molar-refractivity contribution in [3.63, 3.8) is 0 Å². The fraction of sp³-hybridized carbons (Fsp3) is 0.267. The zero-order valence-corrected chi connectivity index (χ0v) is 11.7. The molecule has 0 aliphatic heterocycles. The lowest BCUT2D eigenvalue weighted by molar-refractivity contribution is 0.0934. The number of hydrogen-bond donors (Lipinski definition) is 1. The fourth-order valence-corrected chi connectivity index (χ4v) is 1.83. The van der Waals surface area contributed by atoms with E-state index in [1.54, 1.807) is 44.7 Å². The summed E-state index contributed by atoms with van der Waals surface area (Å²) in [6.07, 6.45) is 1.58. The molecular weight excluding hydrogens is 258 g/mol. The number of ether oxygens (including phenoxy) is 2. The van der Waals surface area contributed by atoms with Gasteiger partial charge in [0.25, 0.3) is 5.91 Å². The summed E-state index contributed by atoms with van der Waals surface area (Å²) in [5, 5.41) is 2.86. The van der Waals surface area contributed by atoms with Gasteiger partial charge in [-0.15, -0.1) is 0 Å². The Morgan fingerprint density at radius 2 is 1.85 bits per heavy atom. The Kier molecular flexibility index (Phi) is 4.30. The molecule has 1 N–H and O–H groups in total. The molecule has 0 saturated heterocycles. The summed E-state index contributed by atoms with van der Waals surface area (Å²) in [5.41, 5.74) is 0.472. The molecule has 1 heterocycles. The van der Waals surface area contributed by atoms with Crippen LogP contribution in [0.1, 0.15) is 29.1 Å². The zero-order chi connectivity index (χ0) is 14.5. The van der Waals surface area contributed by atoms with Gasteiger partial charge >= 0.3 is 0 Å². The number of rotatable bonds is 5. The molecule has 20 heavy (non-hydrogen) atoms. The topological polar surface area (TPSA) is 60.7 Å². The predicted molar refractivity (Wildman–Crippen MR) is 74.1 cm³/mol. The third kappa shape index (κ3) is 3.12. The molecule has 0 aliphatic carbocycles. The van der Waals surface area contributed by atoms with Gasteiger partial charge < -0.3 is 19.2 Å². The molecule has 5 heteroatoms. The van der Waals surface area contributed by atoms with Crippen molar-refractivity contribution in [2.24, 2.45) is 0 Å². The second-order valence-corrected chi connectivity index (χ2v) is 4.31. The molecule has 1 aromatic heterocycles. The van der Waals surface area contributed by atoms with Crippen molar-refractivity contribution in [3.05, 3.63) is 47.9 Å². The highest BCUT2D eigenvalue weighted by Gasteiger charge is 2.15. The molecule has 1 amide bonds. The van der Waals surface area contributed by atoms with Crippen molar-refractivity contribution >= 4 is 5.91 Å². The Labute approximate surface area is 117 Å². The zero-order valence-electron chi connectivity index (χ0n) is 11.7. The Morgan fingerprint density at radius 3 is 2.35 bits per heavy atom. The molecule has 2 rings (SSSR count). The smallest absolute Gasteiger partial charge is 0.252 e. The van der Waals surface area contributed by atoms with E-state index < -0.39 is 0 Å². The van der Waals surface area contributed by atoms with Crippen LogP contribution in [0.5, 0.6) is 11.5 Å². The molecule has 0 fully saturated rings. The third-order valence-corrected chi connectivity index (χ3v) is 2.93. The molecule has 1 atom stereocenters. The van der Waals surface area contributed by atoms with Crippen LogP contribution in [0.25, 0.3) is 0 Å². The minimum absolute atomic E-state index is 0.213. The minimum Gasteiger partial charge on any atom is -0.497 e. The summed E-state index contributed by atoms with van der Waals surface area (Å²) in [5.74, 6) is 1.62. The first-order valence-corrected chi connectivity index (χ1v) is 6.21. The maximum absolute atomic E-state index is 12.2. The second kappa shape index (κ2) is 6.14. The molecule has 1 aromatic carbocycles. The number of amides is 1. The van der Waals surface area contributed by atoms with Gasteiger partial charge in [0.2, 0.25) is 0 Å².